The number of nitrogens with zero attached hydrogens (tertiary/aromatic N) is 2. The Morgan fingerprint density at radius 3 is 1.95 bits per heavy atom. The van der Waals surface area contributed by atoms with Gasteiger partial charge in [-0.25, -0.2) is 9.59 Å². The van der Waals surface area contributed by atoms with E-state index in [-0.39, 0.29) is 26.2 Å². The van der Waals surface area contributed by atoms with Crippen LogP contribution >= 0.6 is 0 Å². The Balaban J connectivity index is 2.54. The van der Waals surface area contributed by atoms with Crippen molar-refractivity contribution in [2.75, 3.05) is 39.3 Å². The molecular weight excluding hydrogens is 292 g/mol. The smallest absolute Gasteiger partial charge is 0.360 e. The summed E-state index contributed by atoms with van der Waals surface area (Å²) in [5.41, 5.74) is 0. The summed E-state index contributed by atoms with van der Waals surface area (Å²) < 4.78 is 0. The highest BCUT2D eigenvalue weighted by atomic mass is 17.5. The molecule has 0 spiro atoms. The fourth-order valence-corrected chi connectivity index (χ4v) is 1.60. The van der Waals surface area contributed by atoms with Gasteiger partial charge in [0.2, 0.25) is 0 Å². The van der Waals surface area contributed by atoms with Crippen LogP contribution < -0.4 is 0 Å². The molecule has 11 heteroatoms. The molecule has 0 bridgehead atoms. The Morgan fingerprint density at radius 2 is 1.52 bits per heavy atom. The van der Waals surface area contributed by atoms with Crippen LogP contribution in [0.25, 0.3) is 0 Å². The maximum atomic E-state index is 11.2. The molecule has 2 N–H and O–H groups in total. The Kier molecular flexibility index (Phi) is 6.52. The van der Waals surface area contributed by atoms with E-state index in [0.29, 0.717) is 0 Å². The highest BCUT2D eigenvalue weighted by Crippen LogP contribution is 2.00. The van der Waals surface area contributed by atoms with E-state index >= 15 is 0 Å². The lowest BCUT2D eigenvalue weighted by atomic mass is 10.4. The predicted molar refractivity (Wildman–Crippen MR) is 61.4 cm³/mol. The summed E-state index contributed by atoms with van der Waals surface area (Å²) in [5, 5.41) is 21.3. The van der Waals surface area contributed by atoms with Gasteiger partial charge in [0, 0.05) is 18.1 Å². The monoisotopic (exact) mass is 306 g/mol. The molecule has 1 saturated heterocycles. The van der Waals surface area contributed by atoms with E-state index in [1.54, 1.807) is 0 Å². The second-order valence-corrected chi connectivity index (χ2v) is 4.19. The van der Waals surface area contributed by atoms with Crippen LogP contribution in [0.5, 0.6) is 0 Å². The lowest BCUT2D eigenvalue weighted by molar-refractivity contribution is -0.461. The van der Waals surface area contributed by atoms with Gasteiger partial charge in [0.15, 0.2) is 0 Å². The largest absolute Gasteiger partial charge is 0.480 e. The number of carbonyl (C=O) groups is 4. The Hall–Kier alpha value is -2.24. The van der Waals surface area contributed by atoms with Crippen LogP contribution in [-0.4, -0.2) is 83.2 Å². The zero-order valence-electron chi connectivity index (χ0n) is 10.9. The van der Waals surface area contributed by atoms with Gasteiger partial charge in [0.25, 0.3) is 0 Å². The third-order valence-corrected chi connectivity index (χ3v) is 2.41. The van der Waals surface area contributed by atoms with Gasteiger partial charge in [-0.2, -0.15) is 0 Å². The van der Waals surface area contributed by atoms with Crippen LogP contribution in [0.2, 0.25) is 0 Å². The summed E-state index contributed by atoms with van der Waals surface area (Å²) in [6, 6.07) is 0. The van der Waals surface area contributed by atoms with Crippen molar-refractivity contribution in [3.05, 3.63) is 0 Å². The lowest BCUT2D eigenvalue weighted by Gasteiger charge is -2.24. The van der Waals surface area contributed by atoms with Crippen LogP contribution in [0.4, 0.5) is 0 Å². The molecule has 1 fully saturated rings. The predicted octanol–water partition coefficient (Wildman–Crippen LogP) is -2.29. The van der Waals surface area contributed by atoms with Crippen LogP contribution in [-0.2, 0) is 34.0 Å². The molecule has 1 heterocycles. The first-order valence-electron chi connectivity index (χ1n) is 5.82. The SMILES string of the molecule is O=C(O)CN(CCN1CC(=O)OOOC(=O)C1)CC(=O)O. The first-order chi connectivity index (χ1) is 9.86. The topological polar surface area (TPSA) is 143 Å². The molecule has 21 heavy (non-hydrogen) atoms. The van der Waals surface area contributed by atoms with Gasteiger partial charge in [-0.15, -0.1) is 0 Å². The molecule has 0 radical (unpaired) electrons. The van der Waals surface area contributed by atoms with Crippen LogP contribution in [0.15, 0.2) is 0 Å². The average Bonchev–Trinajstić information content (AvgIpc) is 2.32. The van der Waals surface area contributed by atoms with Gasteiger partial charge in [-0.3, -0.25) is 29.2 Å². The lowest BCUT2D eigenvalue weighted by Crippen LogP contribution is -2.44. The molecule has 0 amide bonds. The Bertz CT molecular complexity index is 391. The number of hydrogen-bond acceptors (Lipinski definition) is 9. The maximum Gasteiger partial charge on any atom is 0.360 e. The highest BCUT2D eigenvalue weighted by Gasteiger charge is 2.23. The van der Waals surface area contributed by atoms with E-state index in [1.807, 2.05) is 0 Å². The van der Waals surface area contributed by atoms with Gasteiger partial charge in [0.1, 0.15) is 13.1 Å². The standard InChI is InChI=1S/C10H14N2O9/c13-7(14)3-11(4-8(15)16)1-2-12-5-9(17)19-21-20-10(18)6-12/h1-6H2,(H,13,14)(H,15,16). The van der Waals surface area contributed by atoms with Gasteiger partial charge < -0.3 is 10.2 Å². The molecule has 118 valence electrons. The summed E-state index contributed by atoms with van der Waals surface area (Å²) in [7, 11) is 0. The van der Waals surface area contributed by atoms with E-state index in [4.69, 9.17) is 10.2 Å². The number of carboxylic acid groups (broad SMARTS) is 2. The fraction of sp³-hybridized carbons (Fsp3) is 0.600. The maximum absolute atomic E-state index is 11.2. The number of aliphatic carboxylic acids is 2. The van der Waals surface area contributed by atoms with Gasteiger partial charge in [-0.05, 0) is 0 Å². The van der Waals surface area contributed by atoms with Crippen molar-refractivity contribution < 1.29 is 44.2 Å². The normalized spacial score (nSPS) is 16.8. The van der Waals surface area contributed by atoms with Crippen LogP contribution in [0, 0.1) is 0 Å². The van der Waals surface area contributed by atoms with Crippen molar-refractivity contribution in [1.82, 2.24) is 9.80 Å². The minimum atomic E-state index is -1.18. The second kappa shape index (κ2) is 8.14. The average molecular weight is 306 g/mol. The van der Waals surface area contributed by atoms with Crippen molar-refractivity contribution in [2.45, 2.75) is 0 Å². The zero-order valence-corrected chi connectivity index (χ0v) is 10.9. The van der Waals surface area contributed by atoms with E-state index in [1.165, 1.54) is 4.90 Å². The molecule has 0 aromatic rings. The molecular formula is C10H14N2O9. The molecule has 11 nitrogen and oxygen atoms in total. The van der Waals surface area contributed by atoms with Crippen LogP contribution in [0.1, 0.15) is 0 Å². The summed E-state index contributed by atoms with van der Waals surface area (Å²) in [5.74, 6) is -3.97. The molecule has 0 unspecified atom stereocenters. The summed E-state index contributed by atoms with van der Waals surface area (Å²) in [4.78, 5) is 54.3. The van der Waals surface area contributed by atoms with Crippen molar-refractivity contribution in [1.29, 1.82) is 0 Å². The van der Waals surface area contributed by atoms with Gasteiger partial charge >= 0.3 is 23.9 Å². The summed E-state index contributed by atoms with van der Waals surface area (Å²) >= 11 is 0. The van der Waals surface area contributed by atoms with E-state index in [0.717, 1.165) is 4.90 Å². The first kappa shape index (κ1) is 16.8. The molecule has 0 saturated carbocycles. The molecule has 1 rings (SSSR count). The molecule has 1 aliphatic rings. The Morgan fingerprint density at radius 1 is 1.05 bits per heavy atom. The van der Waals surface area contributed by atoms with Gasteiger partial charge in [0.05, 0.1) is 13.1 Å². The van der Waals surface area contributed by atoms with Crippen molar-refractivity contribution in [3.8, 4) is 0 Å². The summed E-state index contributed by atoms with van der Waals surface area (Å²) in [6.07, 6.45) is 0. The number of carboxylic acids is 2. The molecule has 0 aromatic carbocycles. The summed E-state index contributed by atoms with van der Waals surface area (Å²) in [6.45, 7) is -1.40. The molecule has 0 atom stereocenters. The molecule has 0 aliphatic carbocycles. The van der Waals surface area contributed by atoms with Gasteiger partial charge in [-0.1, -0.05) is 0 Å². The molecule has 1 aliphatic heterocycles. The van der Waals surface area contributed by atoms with Crippen LogP contribution in [0.3, 0.4) is 0 Å². The number of carbonyl (C=O) groups excluding carboxylic acids is 2. The van der Waals surface area contributed by atoms with E-state index < -0.39 is 37.0 Å². The third-order valence-electron chi connectivity index (χ3n) is 2.41. The minimum absolute atomic E-state index is 0.0278. The zero-order chi connectivity index (χ0) is 15.8. The molecule has 0 aromatic heterocycles. The fourth-order valence-electron chi connectivity index (χ4n) is 1.60. The second-order valence-electron chi connectivity index (χ2n) is 4.19. The van der Waals surface area contributed by atoms with Crippen molar-refractivity contribution in [3.63, 3.8) is 0 Å². The first-order valence-corrected chi connectivity index (χ1v) is 5.82. The third kappa shape index (κ3) is 7.20. The minimum Gasteiger partial charge on any atom is -0.480 e. The van der Waals surface area contributed by atoms with E-state index in [2.05, 4.69) is 14.8 Å². The number of hydrogen-bond donors (Lipinski definition) is 2. The highest BCUT2D eigenvalue weighted by molar-refractivity contribution is 5.75. The van der Waals surface area contributed by atoms with E-state index in [9.17, 15) is 19.2 Å². The number of rotatable bonds is 7. The van der Waals surface area contributed by atoms with Crippen molar-refractivity contribution >= 4 is 23.9 Å². The van der Waals surface area contributed by atoms with Crippen molar-refractivity contribution in [2.24, 2.45) is 0 Å². The quantitative estimate of drug-likeness (QED) is 0.490. The Labute approximate surface area is 118 Å².